The number of aromatic amines is 1. The molecule has 0 aliphatic carbocycles. The highest BCUT2D eigenvalue weighted by Gasteiger charge is 2.11. The smallest absolute Gasteiger partial charge is 0.258 e. The Bertz CT molecular complexity index is 1070. The number of anilines is 1. The van der Waals surface area contributed by atoms with E-state index in [9.17, 15) is 14.4 Å². The molecule has 29 heavy (non-hydrogen) atoms. The molecule has 2 aromatic carbocycles. The molecule has 0 fully saturated rings. The number of benzene rings is 2. The number of fused-ring (bicyclic) bond motifs is 1. The van der Waals surface area contributed by atoms with Crippen molar-refractivity contribution in [2.45, 2.75) is 26.8 Å². The second-order valence-corrected chi connectivity index (χ2v) is 6.83. The number of carbonyl (C=O) groups excluding carboxylic acids is 2. The van der Waals surface area contributed by atoms with Crippen LogP contribution in [0.3, 0.4) is 0 Å². The molecule has 0 unspecified atom stereocenters. The monoisotopic (exact) mass is 392 g/mol. The van der Waals surface area contributed by atoms with Crippen molar-refractivity contribution >= 4 is 28.3 Å². The number of H-pyrrole nitrogens is 1. The predicted molar refractivity (Wildman–Crippen MR) is 113 cm³/mol. The van der Waals surface area contributed by atoms with Gasteiger partial charge < -0.3 is 10.3 Å². The molecule has 7 heteroatoms. The van der Waals surface area contributed by atoms with E-state index in [1.165, 1.54) is 6.92 Å². The number of nitrogens with zero attached hydrogens (tertiary/aromatic N) is 2. The van der Waals surface area contributed by atoms with Crippen molar-refractivity contribution < 1.29 is 9.59 Å². The van der Waals surface area contributed by atoms with E-state index in [0.717, 1.165) is 6.54 Å². The third-order valence-electron chi connectivity index (χ3n) is 4.71. The Hall–Kier alpha value is -3.32. The molecule has 0 saturated carbocycles. The lowest BCUT2D eigenvalue weighted by Crippen LogP contribution is -2.29. The number of hydrogen-bond acceptors (Lipinski definition) is 5. The summed E-state index contributed by atoms with van der Waals surface area (Å²) in [5, 5.41) is 3.40. The minimum Gasteiger partial charge on any atom is -0.326 e. The van der Waals surface area contributed by atoms with E-state index in [0.29, 0.717) is 47.5 Å². The summed E-state index contributed by atoms with van der Waals surface area (Å²) >= 11 is 0. The summed E-state index contributed by atoms with van der Waals surface area (Å²) in [7, 11) is 0. The number of Topliss-reactive ketones (excluding diaryl/α,β-unsaturated/α-hetero) is 1. The fourth-order valence-corrected chi connectivity index (χ4v) is 3.04. The second kappa shape index (κ2) is 9.25. The fraction of sp³-hybridized carbons (Fsp3) is 0.273. The molecule has 150 valence electrons. The van der Waals surface area contributed by atoms with Gasteiger partial charge in [-0.3, -0.25) is 19.3 Å². The molecule has 2 N–H and O–H groups in total. The molecule has 0 radical (unpaired) electrons. The number of rotatable bonds is 8. The van der Waals surface area contributed by atoms with Gasteiger partial charge in [0.15, 0.2) is 5.78 Å². The van der Waals surface area contributed by atoms with Crippen LogP contribution in [0.15, 0.2) is 53.3 Å². The van der Waals surface area contributed by atoms with Gasteiger partial charge in [0.1, 0.15) is 5.82 Å². The lowest BCUT2D eigenvalue weighted by molar-refractivity contribution is -0.116. The van der Waals surface area contributed by atoms with E-state index in [4.69, 9.17) is 0 Å². The van der Waals surface area contributed by atoms with Crippen molar-refractivity contribution in [3.8, 4) is 0 Å². The number of amides is 1. The Morgan fingerprint density at radius 2 is 1.83 bits per heavy atom. The zero-order valence-corrected chi connectivity index (χ0v) is 16.6. The van der Waals surface area contributed by atoms with Gasteiger partial charge in [-0.1, -0.05) is 19.1 Å². The summed E-state index contributed by atoms with van der Waals surface area (Å²) in [5.74, 6) is 0.455. The average molecular weight is 392 g/mol. The van der Waals surface area contributed by atoms with Gasteiger partial charge in [0.25, 0.3) is 5.56 Å². The van der Waals surface area contributed by atoms with Crippen molar-refractivity contribution in [3.63, 3.8) is 0 Å². The Morgan fingerprint density at radius 1 is 1.10 bits per heavy atom. The van der Waals surface area contributed by atoms with Crippen molar-refractivity contribution in [3.05, 3.63) is 70.3 Å². The van der Waals surface area contributed by atoms with Crippen LogP contribution in [-0.2, 0) is 11.3 Å². The summed E-state index contributed by atoms with van der Waals surface area (Å²) < 4.78 is 0. The standard InChI is InChI=1S/C22H24N4O3/c1-3-26(14-20-24-19-7-5-4-6-18(19)22(29)25-20)13-12-21(28)23-17-10-8-16(9-11-17)15(2)27/h4-11H,3,12-14H2,1-2H3,(H,23,28)(H,24,25,29). The SMILES string of the molecule is CCN(CCC(=O)Nc1ccc(C(C)=O)cc1)Cc1nc2ccccc2c(=O)[nH]1. The zero-order valence-electron chi connectivity index (χ0n) is 16.6. The molecule has 0 saturated heterocycles. The van der Waals surface area contributed by atoms with Gasteiger partial charge in [-0.05, 0) is 49.9 Å². The maximum absolute atomic E-state index is 12.3. The first-order valence-electron chi connectivity index (χ1n) is 9.57. The molecule has 0 atom stereocenters. The summed E-state index contributed by atoms with van der Waals surface area (Å²) in [4.78, 5) is 45.2. The van der Waals surface area contributed by atoms with Gasteiger partial charge in [-0.15, -0.1) is 0 Å². The van der Waals surface area contributed by atoms with Crippen molar-refractivity contribution in [1.82, 2.24) is 14.9 Å². The minimum atomic E-state index is -0.159. The molecule has 0 aliphatic rings. The lowest BCUT2D eigenvalue weighted by Gasteiger charge is -2.19. The van der Waals surface area contributed by atoms with Crippen LogP contribution in [0.4, 0.5) is 5.69 Å². The molecule has 1 aromatic heterocycles. The van der Waals surface area contributed by atoms with Gasteiger partial charge in [-0.2, -0.15) is 0 Å². The molecule has 0 bridgehead atoms. The maximum Gasteiger partial charge on any atom is 0.258 e. The third kappa shape index (κ3) is 5.36. The largest absolute Gasteiger partial charge is 0.326 e. The Balaban J connectivity index is 1.58. The third-order valence-corrected chi connectivity index (χ3v) is 4.71. The van der Waals surface area contributed by atoms with E-state index in [2.05, 4.69) is 15.3 Å². The van der Waals surface area contributed by atoms with Gasteiger partial charge >= 0.3 is 0 Å². The second-order valence-electron chi connectivity index (χ2n) is 6.83. The van der Waals surface area contributed by atoms with Crippen LogP contribution in [0.1, 0.15) is 36.5 Å². The highest BCUT2D eigenvalue weighted by molar-refractivity contribution is 5.95. The number of hydrogen-bond donors (Lipinski definition) is 2. The molecular formula is C22H24N4O3. The average Bonchev–Trinajstić information content (AvgIpc) is 2.71. The number of para-hydroxylation sites is 1. The van der Waals surface area contributed by atoms with E-state index in [1.807, 2.05) is 30.0 Å². The van der Waals surface area contributed by atoms with E-state index in [-0.39, 0.29) is 17.2 Å². The van der Waals surface area contributed by atoms with E-state index >= 15 is 0 Å². The van der Waals surface area contributed by atoms with Crippen molar-refractivity contribution in [1.29, 1.82) is 0 Å². The zero-order chi connectivity index (χ0) is 20.8. The molecule has 0 spiro atoms. The number of carbonyl (C=O) groups is 2. The minimum absolute atomic E-state index is 0.0122. The molecule has 3 aromatic rings. The molecule has 0 aliphatic heterocycles. The normalized spacial score (nSPS) is 11.0. The highest BCUT2D eigenvalue weighted by atomic mass is 16.1. The van der Waals surface area contributed by atoms with Crippen LogP contribution in [0.2, 0.25) is 0 Å². The molecular weight excluding hydrogens is 368 g/mol. The Kier molecular flexibility index (Phi) is 6.51. The number of nitrogens with one attached hydrogen (secondary N) is 2. The lowest BCUT2D eigenvalue weighted by atomic mass is 10.1. The van der Waals surface area contributed by atoms with Gasteiger partial charge in [0, 0.05) is 24.2 Å². The van der Waals surface area contributed by atoms with Crippen LogP contribution < -0.4 is 10.9 Å². The van der Waals surface area contributed by atoms with Crippen LogP contribution >= 0.6 is 0 Å². The van der Waals surface area contributed by atoms with Crippen LogP contribution in [0.5, 0.6) is 0 Å². The fourth-order valence-electron chi connectivity index (χ4n) is 3.04. The Labute approximate surface area is 168 Å². The summed E-state index contributed by atoms with van der Waals surface area (Å²) in [6.07, 6.45) is 0.306. The quantitative estimate of drug-likeness (QED) is 0.575. The first kappa shape index (κ1) is 20.4. The van der Waals surface area contributed by atoms with Crippen molar-refractivity contribution in [2.75, 3.05) is 18.4 Å². The van der Waals surface area contributed by atoms with Crippen LogP contribution in [0.25, 0.3) is 10.9 Å². The molecule has 3 rings (SSSR count). The van der Waals surface area contributed by atoms with Gasteiger partial charge in [0.05, 0.1) is 17.4 Å². The predicted octanol–water partition coefficient (Wildman–Crippen LogP) is 2.98. The van der Waals surface area contributed by atoms with Gasteiger partial charge in [-0.25, -0.2) is 4.98 Å². The number of ketones is 1. The molecule has 1 amide bonds. The summed E-state index contributed by atoms with van der Waals surface area (Å²) in [5.41, 5.74) is 1.77. The van der Waals surface area contributed by atoms with Crippen molar-refractivity contribution in [2.24, 2.45) is 0 Å². The molecule has 1 heterocycles. The first-order valence-corrected chi connectivity index (χ1v) is 9.57. The summed E-state index contributed by atoms with van der Waals surface area (Å²) in [6, 6.07) is 14.0. The highest BCUT2D eigenvalue weighted by Crippen LogP contribution is 2.11. The van der Waals surface area contributed by atoms with E-state index in [1.54, 1.807) is 30.3 Å². The first-order chi connectivity index (χ1) is 14.0. The Morgan fingerprint density at radius 3 is 2.52 bits per heavy atom. The van der Waals surface area contributed by atoms with Crippen LogP contribution in [-0.4, -0.2) is 39.6 Å². The van der Waals surface area contributed by atoms with Crippen LogP contribution in [0, 0.1) is 0 Å². The van der Waals surface area contributed by atoms with Gasteiger partial charge in [0.2, 0.25) is 5.91 Å². The number of aromatic nitrogens is 2. The topological polar surface area (TPSA) is 95.2 Å². The summed E-state index contributed by atoms with van der Waals surface area (Å²) in [6.45, 7) is 5.21. The molecule has 7 nitrogen and oxygen atoms in total. The maximum atomic E-state index is 12.3. The van der Waals surface area contributed by atoms with E-state index < -0.39 is 0 Å².